The first-order valence-electron chi connectivity index (χ1n) is 12.0. The molecule has 0 amide bonds. The molecule has 0 aliphatic rings. The van der Waals surface area contributed by atoms with Crippen molar-refractivity contribution in [2.45, 2.75) is 97.8 Å². The molecule has 0 saturated carbocycles. The maximum atomic E-state index is 6.20. The Kier molecular flexibility index (Phi) is 11.6. The molecule has 0 aliphatic heterocycles. The second kappa shape index (κ2) is 14.3. The summed E-state index contributed by atoms with van der Waals surface area (Å²) in [5.74, 6) is 2.01. The Bertz CT molecular complexity index is 692. The van der Waals surface area contributed by atoms with Crippen LogP contribution >= 0.6 is 0 Å². The molecule has 0 heterocycles. The summed E-state index contributed by atoms with van der Waals surface area (Å²) >= 11 is 0. The van der Waals surface area contributed by atoms with Gasteiger partial charge in [-0.15, -0.1) is 0 Å². The van der Waals surface area contributed by atoms with E-state index in [2.05, 4.69) is 51.1 Å². The number of hydrogen-bond acceptors (Lipinski definition) is 2. The monoisotopic (exact) mass is 398 g/mol. The van der Waals surface area contributed by atoms with Crippen LogP contribution < -0.4 is 9.47 Å². The van der Waals surface area contributed by atoms with Crippen LogP contribution in [0.5, 0.6) is 11.5 Å². The SMILES string of the molecule is CCCCCCCCOc1ccc2c(OCCCCCCCC)c(C)ccc2c1. The van der Waals surface area contributed by atoms with Gasteiger partial charge in [0.15, 0.2) is 0 Å². The minimum Gasteiger partial charge on any atom is -0.494 e. The summed E-state index contributed by atoms with van der Waals surface area (Å²) in [7, 11) is 0. The second-order valence-electron chi connectivity index (χ2n) is 8.33. The van der Waals surface area contributed by atoms with Crippen LogP contribution in [-0.2, 0) is 0 Å². The lowest BCUT2D eigenvalue weighted by Crippen LogP contribution is -2.00. The number of rotatable bonds is 16. The number of fused-ring (bicyclic) bond motifs is 1. The standard InChI is InChI=1S/C27H42O2/c1-4-6-8-10-12-14-20-28-25-18-19-26-24(22-25)17-16-23(3)27(26)29-21-15-13-11-9-7-5-2/h16-19,22H,4-15,20-21H2,1-3H3. The van der Waals surface area contributed by atoms with Gasteiger partial charge in [-0.05, 0) is 48.9 Å². The van der Waals surface area contributed by atoms with Crippen molar-refractivity contribution >= 4 is 10.8 Å². The van der Waals surface area contributed by atoms with Crippen molar-refractivity contribution in [1.82, 2.24) is 0 Å². The number of hydrogen-bond donors (Lipinski definition) is 0. The molecule has 0 fully saturated rings. The molecule has 0 aliphatic carbocycles. The molecule has 0 unspecified atom stereocenters. The minimum absolute atomic E-state index is 0.808. The number of aryl methyl sites for hydroxylation is 1. The molecule has 29 heavy (non-hydrogen) atoms. The smallest absolute Gasteiger partial charge is 0.130 e. The molecule has 162 valence electrons. The van der Waals surface area contributed by atoms with Gasteiger partial charge in [0.25, 0.3) is 0 Å². The quantitative estimate of drug-likeness (QED) is 0.263. The van der Waals surface area contributed by atoms with E-state index in [0.29, 0.717) is 0 Å². The Morgan fingerprint density at radius 1 is 0.621 bits per heavy atom. The normalized spacial score (nSPS) is 11.1. The summed E-state index contributed by atoms with van der Waals surface area (Å²) in [6.45, 7) is 8.28. The van der Waals surface area contributed by atoms with E-state index in [9.17, 15) is 0 Å². The van der Waals surface area contributed by atoms with Crippen molar-refractivity contribution in [3.8, 4) is 11.5 Å². The lowest BCUT2D eigenvalue weighted by atomic mass is 10.1. The lowest BCUT2D eigenvalue weighted by molar-refractivity contribution is 0.303. The van der Waals surface area contributed by atoms with Gasteiger partial charge in [-0.25, -0.2) is 0 Å². The summed E-state index contributed by atoms with van der Waals surface area (Å²) < 4.78 is 12.2. The molecule has 0 aromatic heterocycles. The fraction of sp³-hybridized carbons (Fsp3) is 0.630. The van der Waals surface area contributed by atoms with E-state index in [-0.39, 0.29) is 0 Å². The summed E-state index contributed by atoms with van der Waals surface area (Å²) in [6.07, 6.45) is 15.5. The van der Waals surface area contributed by atoms with Crippen molar-refractivity contribution in [3.63, 3.8) is 0 Å². The third-order valence-electron chi connectivity index (χ3n) is 5.65. The van der Waals surface area contributed by atoms with Crippen molar-refractivity contribution in [2.24, 2.45) is 0 Å². The summed E-state index contributed by atoms with van der Waals surface area (Å²) in [5, 5.41) is 2.40. The van der Waals surface area contributed by atoms with Gasteiger partial charge >= 0.3 is 0 Å². The van der Waals surface area contributed by atoms with Crippen LogP contribution in [0.2, 0.25) is 0 Å². The summed E-state index contributed by atoms with van der Waals surface area (Å²) in [4.78, 5) is 0. The van der Waals surface area contributed by atoms with E-state index in [0.717, 1.165) is 37.6 Å². The van der Waals surface area contributed by atoms with E-state index in [4.69, 9.17) is 9.47 Å². The number of unbranched alkanes of at least 4 members (excludes halogenated alkanes) is 10. The molecule has 0 radical (unpaired) electrons. The molecule has 0 atom stereocenters. The van der Waals surface area contributed by atoms with Gasteiger partial charge in [-0.2, -0.15) is 0 Å². The van der Waals surface area contributed by atoms with Crippen LogP contribution in [0, 0.1) is 6.92 Å². The van der Waals surface area contributed by atoms with Gasteiger partial charge in [0.05, 0.1) is 13.2 Å². The topological polar surface area (TPSA) is 18.5 Å². The Hall–Kier alpha value is -1.70. The highest BCUT2D eigenvalue weighted by Gasteiger charge is 2.07. The molecule has 2 heteroatoms. The van der Waals surface area contributed by atoms with Crippen LogP contribution in [0.25, 0.3) is 10.8 Å². The van der Waals surface area contributed by atoms with Crippen molar-refractivity contribution in [1.29, 1.82) is 0 Å². The maximum absolute atomic E-state index is 6.20. The number of benzene rings is 2. The third kappa shape index (κ3) is 8.68. The second-order valence-corrected chi connectivity index (χ2v) is 8.33. The zero-order valence-corrected chi connectivity index (χ0v) is 19.1. The molecule has 2 nitrogen and oxygen atoms in total. The third-order valence-corrected chi connectivity index (χ3v) is 5.65. The zero-order valence-electron chi connectivity index (χ0n) is 19.1. The molecule has 2 aromatic carbocycles. The molecule has 2 aromatic rings. The van der Waals surface area contributed by atoms with Crippen LogP contribution in [0.15, 0.2) is 30.3 Å². The predicted octanol–water partition coefficient (Wildman–Crippen LogP) is 8.63. The van der Waals surface area contributed by atoms with Gasteiger partial charge in [0.2, 0.25) is 0 Å². The zero-order chi connectivity index (χ0) is 20.7. The minimum atomic E-state index is 0.808. The van der Waals surface area contributed by atoms with Gasteiger partial charge in [-0.1, -0.05) is 90.2 Å². The van der Waals surface area contributed by atoms with Gasteiger partial charge in [0.1, 0.15) is 11.5 Å². The van der Waals surface area contributed by atoms with Crippen LogP contribution in [0.3, 0.4) is 0 Å². The Balaban J connectivity index is 1.82. The van der Waals surface area contributed by atoms with Gasteiger partial charge < -0.3 is 9.47 Å². The molecule has 0 saturated heterocycles. The van der Waals surface area contributed by atoms with Gasteiger partial charge in [-0.3, -0.25) is 0 Å². The summed E-state index contributed by atoms with van der Waals surface area (Å²) in [6, 6.07) is 10.8. The first-order valence-corrected chi connectivity index (χ1v) is 12.0. The van der Waals surface area contributed by atoms with E-state index in [1.807, 2.05) is 0 Å². The first-order chi connectivity index (χ1) is 14.3. The maximum Gasteiger partial charge on any atom is 0.130 e. The van der Waals surface area contributed by atoms with E-state index >= 15 is 0 Å². The molecular weight excluding hydrogens is 356 g/mol. The lowest BCUT2D eigenvalue weighted by Gasteiger charge is -2.14. The van der Waals surface area contributed by atoms with E-state index < -0.39 is 0 Å². The van der Waals surface area contributed by atoms with E-state index in [1.54, 1.807) is 0 Å². The largest absolute Gasteiger partial charge is 0.494 e. The Labute approximate surface area is 179 Å². The van der Waals surface area contributed by atoms with Crippen LogP contribution in [-0.4, -0.2) is 13.2 Å². The highest BCUT2D eigenvalue weighted by molar-refractivity contribution is 5.90. The average molecular weight is 399 g/mol. The average Bonchev–Trinajstić information content (AvgIpc) is 2.73. The first kappa shape index (κ1) is 23.6. The molecule has 0 spiro atoms. The van der Waals surface area contributed by atoms with Crippen LogP contribution in [0.1, 0.15) is 96.5 Å². The van der Waals surface area contributed by atoms with Gasteiger partial charge in [0, 0.05) is 5.39 Å². The van der Waals surface area contributed by atoms with Crippen molar-refractivity contribution in [3.05, 3.63) is 35.9 Å². The molecular formula is C27H42O2. The van der Waals surface area contributed by atoms with Crippen molar-refractivity contribution < 1.29 is 9.47 Å². The number of ether oxygens (including phenoxy) is 2. The predicted molar refractivity (Wildman–Crippen MR) is 126 cm³/mol. The molecule has 2 rings (SSSR count). The molecule has 0 bridgehead atoms. The van der Waals surface area contributed by atoms with Crippen molar-refractivity contribution in [2.75, 3.05) is 13.2 Å². The fourth-order valence-electron chi connectivity index (χ4n) is 3.80. The highest BCUT2D eigenvalue weighted by Crippen LogP contribution is 2.32. The highest BCUT2D eigenvalue weighted by atomic mass is 16.5. The Morgan fingerprint density at radius 3 is 1.86 bits per heavy atom. The fourth-order valence-corrected chi connectivity index (χ4v) is 3.80. The van der Waals surface area contributed by atoms with Crippen LogP contribution in [0.4, 0.5) is 0 Å². The van der Waals surface area contributed by atoms with E-state index in [1.165, 1.54) is 80.5 Å². The summed E-state index contributed by atoms with van der Waals surface area (Å²) in [5.41, 5.74) is 1.21. The molecule has 0 N–H and O–H groups in total. The Morgan fingerprint density at radius 2 is 1.21 bits per heavy atom.